The molecule has 0 aliphatic heterocycles. The van der Waals surface area contributed by atoms with Gasteiger partial charge in [-0.15, -0.1) is 11.3 Å². The molecule has 1 N–H and O–H groups in total. The first kappa shape index (κ1) is 15.7. The zero-order valence-electron chi connectivity index (χ0n) is 13.3. The Morgan fingerprint density at radius 2 is 2.09 bits per heavy atom. The van der Waals surface area contributed by atoms with Crippen LogP contribution in [0.2, 0.25) is 0 Å². The normalized spacial score (nSPS) is 13.7. The van der Waals surface area contributed by atoms with Crippen LogP contribution in [0.3, 0.4) is 0 Å². The van der Waals surface area contributed by atoms with Gasteiger partial charge >= 0.3 is 0 Å². The zero-order chi connectivity index (χ0) is 16.4. The first-order valence-electron chi connectivity index (χ1n) is 7.74. The highest BCUT2D eigenvalue weighted by Gasteiger charge is 2.29. The second kappa shape index (κ2) is 6.54. The van der Waals surface area contributed by atoms with E-state index in [-0.39, 0.29) is 17.7 Å². The standard InChI is InChI=1S/C18H20N2O2S/c1-12-8-9-23-16(12)11-20(2)18(22)14-4-3-5-15(10-14)19-17(21)13-6-7-13/h3-5,8-10,13H,6-7,11H2,1-2H3,(H,19,21). The maximum Gasteiger partial charge on any atom is 0.253 e. The van der Waals surface area contributed by atoms with Gasteiger partial charge in [0.15, 0.2) is 0 Å². The van der Waals surface area contributed by atoms with E-state index in [1.807, 2.05) is 11.4 Å². The van der Waals surface area contributed by atoms with Gasteiger partial charge < -0.3 is 10.2 Å². The molecule has 1 heterocycles. The summed E-state index contributed by atoms with van der Waals surface area (Å²) in [5.41, 5.74) is 2.49. The fraction of sp³-hybridized carbons (Fsp3) is 0.333. The summed E-state index contributed by atoms with van der Waals surface area (Å²) in [7, 11) is 1.80. The van der Waals surface area contributed by atoms with Gasteiger partial charge in [0.25, 0.3) is 5.91 Å². The monoisotopic (exact) mass is 328 g/mol. The van der Waals surface area contributed by atoms with Gasteiger partial charge in [-0.05, 0) is 55.0 Å². The van der Waals surface area contributed by atoms with E-state index in [0.717, 1.165) is 12.8 Å². The number of amides is 2. The van der Waals surface area contributed by atoms with Crippen molar-refractivity contribution in [3.05, 3.63) is 51.7 Å². The second-order valence-electron chi connectivity index (χ2n) is 6.03. The van der Waals surface area contributed by atoms with Gasteiger partial charge in [0.1, 0.15) is 0 Å². The van der Waals surface area contributed by atoms with E-state index in [1.165, 1.54) is 10.4 Å². The van der Waals surface area contributed by atoms with Gasteiger partial charge in [-0.25, -0.2) is 0 Å². The van der Waals surface area contributed by atoms with Crippen molar-refractivity contribution in [2.24, 2.45) is 5.92 Å². The number of rotatable bonds is 5. The molecule has 23 heavy (non-hydrogen) atoms. The number of hydrogen-bond acceptors (Lipinski definition) is 3. The molecule has 1 fully saturated rings. The van der Waals surface area contributed by atoms with Crippen LogP contribution >= 0.6 is 11.3 Å². The number of benzene rings is 1. The molecule has 0 atom stereocenters. The van der Waals surface area contributed by atoms with E-state index in [1.54, 1.807) is 41.5 Å². The summed E-state index contributed by atoms with van der Waals surface area (Å²) in [6, 6.07) is 9.22. The second-order valence-corrected chi connectivity index (χ2v) is 7.03. The Bertz CT molecular complexity index is 734. The predicted molar refractivity (Wildman–Crippen MR) is 92.6 cm³/mol. The largest absolute Gasteiger partial charge is 0.337 e. The maximum absolute atomic E-state index is 12.6. The Kier molecular flexibility index (Phi) is 4.48. The third-order valence-electron chi connectivity index (χ3n) is 4.02. The van der Waals surface area contributed by atoms with Crippen LogP contribution in [0, 0.1) is 12.8 Å². The average molecular weight is 328 g/mol. The summed E-state index contributed by atoms with van der Waals surface area (Å²) < 4.78 is 0. The van der Waals surface area contributed by atoms with Crippen molar-refractivity contribution in [3.63, 3.8) is 0 Å². The molecule has 0 spiro atoms. The summed E-state index contributed by atoms with van der Waals surface area (Å²) in [6.45, 7) is 2.65. The molecule has 120 valence electrons. The van der Waals surface area contributed by atoms with E-state index < -0.39 is 0 Å². The highest BCUT2D eigenvalue weighted by atomic mass is 32.1. The van der Waals surface area contributed by atoms with E-state index in [0.29, 0.717) is 17.8 Å². The van der Waals surface area contributed by atoms with Crippen LogP contribution in [-0.4, -0.2) is 23.8 Å². The molecule has 2 aromatic rings. The molecule has 1 aliphatic carbocycles. The molecular weight excluding hydrogens is 308 g/mol. The SMILES string of the molecule is Cc1ccsc1CN(C)C(=O)c1cccc(NC(=O)C2CC2)c1. The first-order valence-corrected chi connectivity index (χ1v) is 8.62. The molecule has 0 saturated heterocycles. The Morgan fingerprint density at radius 1 is 1.30 bits per heavy atom. The molecule has 1 saturated carbocycles. The quantitative estimate of drug-likeness (QED) is 0.910. The first-order chi connectivity index (χ1) is 11.0. The van der Waals surface area contributed by atoms with E-state index in [2.05, 4.69) is 18.3 Å². The molecule has 1 aliphatic rings. The molecule has 1 aromatic carbocycles. The lowest BCUT2D eigenvalue weighted by molar-refractivity contribution is -0.117. The Morgan fingerprint density at radius 3 is 2.74 bits per heavy atom. The fourth-order valence-corrected chi connectivity index (χ4v) is 3.35. The molecule has 3 rings (SSSR count). The van der Waals surface area contributed by atoms with Gasteiger partial charge in [0.05, 0.1) is 6.54 Å². The molecule has 0 radical (unpaired) electrons. The van der Waals surface area contributed by atoms with Crippen LogP contribution in [0.1, 0.15) is 33.6 Å². The van der Waals surface area contributed by atoms with Crippen LogP contribution in [-0.2, 0) is 11.3 Å². The van der Waals surface area contributed by atoms with Crippen molar-refractivity contribution in [1.29, 1.82) is 0 Å². The maximum atomic E-state index is 12.6. The minimum Gasteiger partial charge on any atom is -0.337 e. The van der Waals surface area contributed by atoms with Crippen molar-refractivity contribution >= 4 is 28.8 Å². The molecule has 4 nitrogen and oxygen atoms in total. The average Bonchev–Trinajstić information content (AvgIpc) is 3.32. The van der Waals surface area contributed by atoms with E-state index in [9.17, 15) is 9.59 Å². The lowest BCUT2D eigenvalue weighted by Gasteiger charge is -2.17. The summed E-state index contributed by atoms with van der Waals surface area (Å²) in [5.74, 6) is 0.163. The van der Waals surface area contributed by atoms with Gasteiger partial charge in [0, 0.05) is 29.1 Å². The van der Waals surface area contributed by atoms with Crippen LogP contribution in [0.5, 0.6) is 0 Å². The Hall–Kier alpha value is -2.14. The van der Waals surface area contributed by atoms with Gasteiger partial charge in [-0.1, -0.05) is 6.07 Å². The van der Waals surface area contributed by atoms with E-state index >= 15 is 0 Å². The van der Waals surface area contributed by atoms with Crippen molar-refractivity contribution in [2.75, 3.05) is 12.4 Å². The number of carbonyl (C=O) groups is 2. The number of hydrogen-bond donors (Lipinski definition) is 1. The topological polar surface area (TPSA) is 49.4 Å². The highest BCUT2D eigenvalue weighted by molar-refractivity contribution is 7.10. The lowest BCUT2D eigenvalue weighted by Crippen LogP contribution is -2.26. The van der Waals surface area contributed by atoms with Gasteiger partial charge in [-0.2, -0.15) is 0 Å². The van der Waals surface area contributed by atoms with Crippen LogP contribution in [0.25, 0.3) is 0 Å². The Balaban J connectivity index is 1.68. The molecule has 5 heteroatoms. The predicted octanol–water partition coefficient (Wildman–Crippen LogP) is 3.68. The highest BCUT2D eigenvalue weighted by Crippen LogP contribution is 2.30. The molecular formula is C18H20N2O2S. The van der Waals surface area contributed by atoms with E-state index in [4.69, 9.17) is 0 Å². The number of anilines is 1. The van der Waals surface area contributed by atoms with Crippen molar-refractivity contribution in [3.8, 4) is 0 Å². The van der Waals surface area contributed by atoms with Crippen molar-refractivity contribution < 1.29 is 9.59 Å². The summed E-state index contributed by atoms with van der Waals surface area (Å²) in [4.78, 5) is 27.3. The minimum absolute atomic E-state index is 0.0414. The number of nitrogens with one attached hydrogen (secondary N) is 1. The summed E-state index contributed by atoms with van der Waals surface area (Å²) >= 11 is 1.66. The molecule has 0 bridgehead atoms. The number of thiophene rings is 1. The summed E-state index contributed by atoms with van der Waals surface area (Å²) in [6.07, 6.45) is 1.93. The molecule has 2 amide bonds. The molecule has 1 aromatic heterocycles. The third-order valence-corrected chi connectivity index (χ3v) is 5.03. The minimum atomic E-state index is -0.0414. The van der Waals surface area contributed by atoms with Crippen molar-refractivity contribution in [1.82, 2.24) is 4.90 Å². The van der Waals surface area contributed by atoms with Crippen LogP contribution < -0.4 is 5.32 Å². The third kappa shape index (κ3) is 3.79. The summed E-state index contributed by atoms with van der Waals surface area (Å²) in [5, 5.41) is 4.92. The van der Waals surface area contributed by atoms with Crippen molar-refractivity contribution in [2.45, 2.75) is 26.3 Å². The van der Waals surface area contributed by atoms with Gasteiger partial charge in [-0.3, -0.25) is 9.59 Å². The number of aryl methyl sites for hydroxylation is 1. The number of nitrogens with zero attached hydrogens (tertiary/aromatic N) is 1. The smallest absolute Gasteiger partial charge is 0.253 e. The Labute approximate surface area is 140 Å². The lowest BCUT2D eigenvalue weighted by atomic mass is 10.1. The van der Waals surface area contributed by atoms with Crippen LogP contribution in [0.15, 0.2) is 35.7 Å². The van der Waals surface area contributed by atoms with Gasteiger partial charge in [0.2, 0.25) is 5.91 Å². The van der Waals surface area contributed by atoms with Crippen LogP contribution in [0.4, 0.5) is 5.69 Å². The number of carbonyl (C=O) groups excluding carboxylic acids is 2. The zero-order valence-corrected chi connectivity index (χ0v) is 14.2. The molecule has 0 unspecified atom stereocenters. The fourth-order valence-electron chi connectivity index (χ4n) is 2.39.